The Morgan fingerprint density at radius 2 is 2.27 bits per heavy atom. The van der Waals surface area contributed by atoms with Gasteiger partial charge >= 0.3 is 0 Å². The van der Waals surface area contributed by atoms with Crippen molar-refractivity contribution in [2.45, 2.75) is 18.9 Å². The monoisotopic (exact) mass is 238 g/mol. The van der Waals surface area contributed by atoms with Gasteiger partial charge in [-0.25, -0.2) is 4.85 Å². The van der Waals surface area contributed by atoms with Crippen LogP contribution in [0.4, 0.5) is 5.69 Å². The highest BCUT2D eigenvalue weighted by Crippen LogP contribution is 2.40. The molecule has 2 nitrogen and oxygen atoms in total. The largest absolute Gasteiger partial charge is 0.283 e. The maximum Gasteiger partial charge on any atom is 0.190 e. The second-order valence-corrected chi connectivity index (χ2v) is 4.49. The van der Waals surface area contributed by atoms with Crippen LogP contribution in [0.2, 0.25) is 0 Å². The molecular formula is C11H15N2PS. The van der Waals surface area contributed by atoms with E-state index in [0.29, 0.717) is 6.04 Å². The molecule has 0 bridgehead atoms. The maximum absolute atomic E-state index is 7.09. The number of fused-ring (bicyclic) bond motifs is 1. The summed E-state index contributed by atoms with van der Waals surface area (Å²) in [6, 6.07) is 6.51. The molecule has 1 unspecified atom stereocenters. The molecule has 4 heteroatoms. The number of benzene rings is 1. The van der Waals surface area contributed by atoms with E-state index >= 15 is 0 Å². The summed E-state index contributed by atoms with van der Waals surface area (Å²) in [4.78, 5) is 3.56. The van der Waals surface area contributed by atoms with Gasteiger partial charge in [0.25, 0.3) is 0 Å². The van der Waals surface area contributed by atoms with E-state index < -0.39 is 0 Å². The molecule has 0 N–H and O–H groups in total. The zero-order chi connectivity index (χ0) is 10.1. The molecule has 15 heavy (non-hydrogen) atoms. The lowest BCUT2D eigenvalue weighted by atomic mass is 10.1. The van der Waals surface area contributed by atoms with Crippen LogP contribution in [0, 0.1) is 6.57 Å². The van der Waals surface area contributed by atoms with Gasteiger partial charge in [0.15, 0.2) is 5.69 Å². The van der Waals surface area contributed by atoms with E-state index in [2.05, 4.69) is 32.0 Å². The maximum atomic E-state index is 7.09. The van der Waals surface area contributed by atoms with Crippen molar-refractivity contribution in [3.8, 4) is 0 Å². The van der Waals surface area contributed by atoms with Crippen molar-refractivity contribution in [2.24, 2.45) is 0 Å². The lowest BCUT2D eigenvalue weighted by Crippen LogP contribution is -2.10. The first-order valence-electron chi connectivity index (χ1n) is 4.71. The van der Waals surface area contributed by atoms with Crippen molar-refractivity contribution >= 4 is 28.6 Å². The van der Waals surface area contributed by atoms with Crippen LogP contribution in [0.15, 0.2) is 18.2 Å². The SMILES string of the molecule is S.[C-]#[N+]c1cccc2c1CC[C@@H]2N(C)P. The van der Waals surface area contributed by atoms with Crippen molar-refractivity contribution in [3.05, 3.63) is 40.7 Å². The molecule has 0 aliphatic heterocycles. The summed E-state index contributed by atoms with van der Waals surface area (Å²) >= 11 is 0. The summed E-state index contributed by atoms with van der Waals surface area (Å²) in [6.07, 6.45) is 2.17. The van der Waals surface area contributed by atoms with Gasteiger partial charge in [0.2, 0.25) is 0 Å². The lowest BCUT2D eigenvalue weighted by Gasteiger charge is -2.19. The number of nitrogens with zero attached hydrogens (tertiary/aromatic N) is 2. The Morgan fingerprint density at radius 1 is 1.53 bits per heavy atom. The van der Waals surface area contributed by atoms with E-state index in [1.165, 1.54) is 11.1 Å². The van der Waals surface area contributed by atoms with Crippen molar-refractivity contribution in [1.82, 2.24) is 4.67 Å². The number of rotatable bonds is 1. The lowest BCUT2D eigenvalue weighted by molar-refractivity contribution is 0.418. The molecule has 0 aromatic heterocycles. The quantitative estimate of drug-likeness (QED) is 0.539. The van der Waals surface area contributed by atoms with Crippen LogP contribution in [-0.4, -0.2) is 11.7 Å². The van der Waals surface area contributed by atoms with Crippen LogP contribution in [-0.2, 0) is 6.42 Å². The molecule has 0 amide bonds. The minimum absolute atomic E-state index is 0. The van der Waals surface area contributed by atoms with Crippen molar-refractivity contribution in [2.75, 3.05) is 7.05 Å². The van der Waals surface area contributed by atoms with Crippen molar-refractivity contribution in [3.63, 3.8) is 0 Å². The molecule has 0 fully saturated rings. The molecule has 1 aliphatic carbocycles. The highest BCUT2D eigenvalue weighted by molar-refractivity contribution is 7.59. The van der Waals surface area contributed by atoms with Crippen LogP contribution in [0.1, 0.15) is 23.6 Å². The molecule has 1 aliphatic rings. The second kappa shape index (κ2) is 4.99. The minimum Gasteiger partial charge on any atom is -0.283 e. The Hall–Kier alpha value is -0.550. The van der Waals surface area contributed by atoms with E-state index in [1.54, 1.807) is 0 Å². The zero-order valence-corrected chi connectivity index (χ0v) is 10.9. The zero-order valence-electron chi connectivity index (χ0n) is 8.70. The predicted molar refractivity (Wildman–Crippen MR) is 71.6 cm³/mol. The fourth-order valence-corrected chi connectivity index (χ4v) is 2.45. The highest BCUT2D eigenvalue weighted by Gasteiger charge is 2.25. The van der Waals surface area contributed by atoms with Gasteiger partial charge in [-0.05, 0) is 31.0 Å². The Labute approximate surface area is 100 Å². The van der Waals surface area contributed by atoms with E-state index in [1.807, 2.05) is 12.1 Å². The molecule has 80 valence electrons. The summed E-state index contributed by atoms with van der Waals surface area (Å²) < 4.78 is 2.15. The van der Waals surface area contributed by atoms with Gasteiger partial charge in [-0.1, -0.05) is 27.6 Å². The van der Waals surface area contributed by atoms with Crippen LogP contribution in [0.25, 0.3) is 4.85 Å². The number of hydrogen-bond acceptors (Lipinski definition) is 1. The summed E-state index contributed by atoms with van der Waals surface area (Å²) in [5.74, 6) is 0. The Bertz CT molecular complexity index is 398. The molecule has 1 aromatic rings. The van der Waals surface area contributed by atoms with Gasteiger partial charge in [0.1, 0.15) is 0 Å². The topological polar surface area (TPSA) is 7.60 Å². The molecule has 1 aromatic carbocycles. The minimum atomic E-state index is 0. The van der Waals surface area contributed by atoms with Crippen LogP contribution < -0.4 is 0 Å². The molecule has 0 saturated carbocycles. The highest BCUT2D eigenvalue weighted by atomic mass is 32.1. The Balaban J connectivity index is 0.00000112. The fourth-order valence-electron chi connectivity index (χ4n) is 2.14. The van der Waals surface area contributed by atoms with Crippen LogP contribution >= 0.6 is 22.9 Å². The molecule has 0 spiro atoms. The van der Waals surface area contributed by atoms with E-state index in [4.69, 9.17) is 6.57 Å². The fraction of sp³-hybridized carbons (Fsp3) is 0.364. The molecule has 2 rings (SSSR count). The third-order valence-corrected chi connectivity index (χ3v) is 3.19. The smallest absolute Gasteiger partial charge is 0.190 e. The summed E-state index contributed by atoms with van der Waals surface area (Å²) in [6.45, 7) is 7.09. The molecule has 0 heterocycles. The molecule has 0 saturated heterocycles. The van der Waals surface area contributed by atoms with Gasteiger partial charge in [0, 0.05) is 6.04 Å². The summed E-state index contributed by atoms with van der Waals surface area (Å²) in [5, 5.41) is 0. The molecular weight excluding hydrogens is 223 g/mol. The molecule has 2 atom stereocenters. The average Bonchev–Trinajstić information content (AvgIpc) is 2.60. The predicted octanol–water partition coefficient (Wildman–Crippen LogP) is 3.06. The van der Waals surface area contributed by atoms with Crippen molar-refractivity contribution in [1.29, 1.82) is 0 Å². The van der Waals surface area contributed by atoms with E-state index in [-0.39, 0.29) is 13.5 Å². The van der Waals surface area contributed by atoms with E-state index in [0.717, 1.165) is 18.5 Å². The first-order chi connectivity index (χ1) is 6.74. The average molecular weight is 238 g/mol. The normalized spacial score (nSPS) is 18.1. The second-order valence-electron chi connectivity index (χ2n) is 3.68. The van der Waals surface area contributed by atoms with Gasteiger partial charge in [-0.3, -0.25) is 4.67 Å². The number of hydrogen-bond donors (Lipinski definition) is 0. The first kappa shape index (κ1) is 12.5. The van der Waals surface area contributed by atoms with Gasteiger partial charge in [-0.15, -0.1) is 0 Å². The Kier molecular flexibility index (Phi) is 4.16. The summed E-state index contributed by atoms with van der Waals surface area (Å²) in [7, 11) is 4.78. The standard InChI is InChI=1S/C11H13N2P.H2S/c1-12-10-5-3-4-9-8(10)6-7-11(9)13(2)14;/h3-5,11H,6-7,14H2,2H3;1H2/t11-;/m0./s1. The van der Waals surface area contributed by atoms with Gasteiger partial charge in [-0.2, -0.15) is 13.5 Å². The van der Waals surface area contributed by atoms with E-state index in [9.17, 15) is 0 Å². The van der Waals surface area contributed by atoms with Gasteiger partial charge in [0.05, 0.1) is 6.57 Å². The van der Waals surface area contributed by atoms with Crippen LogP contribution in [0.3, 0.4) is 0 Å². The Morgan fingerprint density at radius 3 is 2.87 bits per heavy atom. The van der Waals surface area contributed by atoms with Crippen LogP contribution in [0.5, 0.6) is 0 Å². The van der Waals surface area contributed by atoms with Crippen molar-refractivity contribution < 1.29 is 0 Å². The first-order valence-corrected chi connectivity index (χ1v) is 5.22. The third-order valence-electron chi connectivity index (χ3n) is 2.83. The van der Waals surface area contributed by atoms with Gasteiger partial charge < -0.3 is 0 Å². The molecule has 0 radical (unpaired) electrons. The summed E-state index contributed by atoms with van der Waals surface area (Å²) in [5.41, 5.74) is 3.41. The third kappa shape index (κ3) is 2.18.